The fourth-order valence-corrected chi connectivity index (χ4v) is 2.24. The van der Waals surface area contributed by atoms with E-state index < -0.39 is 55.1 Å². The van der Waals surface area contributed by atoms with Crippen LogP contribution in [0.2, 0.25) is 0 Å². The van der Waals surface area contributed by atoms with Crippen LogP contribution in [0.5, 0.6) is 0 Å². The lowest BCUT2D eigenvalue weighted by Gasteiger charge is -2.27. The van der Waals surface area contributed by atoms with E-state index in [9.17, 15) is 31.5 Å². The Kier molecular flexibility index (Phi) is 9.27. The second-order valence-corrected chi connectivity index (χ2v) is 7.18. The van der Waals surface area contributed by atoms with Gasteiger partial charge in [-0.3, -0.25) is 4.79 Å². The molecule has 0 fully saturated rings. The maximum absolute atomic E-state index is 13.6. The summed E-state index contributed by atoms with van der Waals surface area (Å²) in [6, 6.07) is 1.26. The molecule has 0 saturated carbocycles. The maximum Gasteiger partial charge on any atom is 0.408 e. The standard InChI is InChI=1S/C18H24F5N3O4/c1-9(29-16(22)23)14(26-17(28)30-18(2,3)4)15(27)25-12-7-10(19)5-6-11(12)24-8-13(20)21/h5-7,9,13-14,16,24H,8H2,1-4H3,(H,25,27)(H,26,28)/t9-,14+/m1/s1. The van der Waals surface area contributed by atoms with E-state index in [1.165, 1.54) is 0 Å². The fraction of sp³-hybridized carbons (Fsp3) is 0.556. The molecule has 0 unspecified atom stereocenters. The second kappa shape index (κ2) is 11.0. The average molecular weight is 441 g/mol. The summed E-state index contributed by atoms with van der Waals surface area (Å²) in [5.41, 5.74) is -1.21. The van der Waals surface area contributed by atoms with Crippen molar-refractivity contribution in [3.8, 4) is 0 Å². The molecule has 0 aliphatic heterocycles. The molecule has 3 N–H and O–H groups in total. The van der Waals surface area contributed by atoms with Gasteiger partial charge in [0.2, 0.25) is 5.91 Å². The fourth-order valence-electron chi connectivity index (χ4n) is 2.24. The lowest BCUT2D eigenvalue weighted by Crippen LogP contribution is -2.52. The van der Waals surface area contributed by atoms with Gasteiger partial charge < -0.3 is 25.4 Å². The van der Waals surface area contributed by atoms with Crippen molar-refractivity contribution >= 4 is 23.4 Å². The number of amides is 2. The van der Waals surface area contributed by atoms with Crippen LogP contribution in [0, 0.1) is 5.82 Å². The highest BCUT2D eigenvalue weighted by atomic mass is 19.3. The van der Waals surface area contributed by atoms with Gasteiger partial charge in [-0.25, -0.2) is 18.0 Å². The zero-order chi connectivity index (χ0) is 23.1. The number of halogens is 5. The minimum atomic E-state index is -3.24. The van der Waals surface area contributed by atoms with E-state index in [0.717, 1.165) is 25.1 Å². The molecule has 1 aromatic rings. The number of rotatable bonds is 9. The minimum absolute atomic E-state index is 0.0384. The van der Waals surface area contributed by atoms with Crippen LogP contribution in [0.3, 0.4) is 0 Å². The average Bonchev–Trinajstić information content (AvgIpc) is 2.56. The van der Waals surface area contributed by atoms with Crippen LogP contribution in [0.15, 0.2) is 18.2 Å². The maximum atomic E-state index is 13.6. The summed E-state index contributed by atoms with van der Waals surface area (Å²) in [7, 11) is 0. The zero-order valence-electron chi connectivity index (χ0n) is 16.8. The molecule has 0 aliphatic carbocycles. The number of ether oxygens (including phenoxy) is 2. The van der Waals surface area contributed by atoms with Crippen LogP contribution in [0.4, 0.5) is 38.1 Å². The van der Waals surface area contributed by atoms with Gasteiger partial charge >= 0.3 is 12.7 Å². The molecule has 0 spiro atoms. The molecule has 30 heavy (non-hydrogen) atoms. The van der Waals surface area contributed by atoms with Crippen LogP contribution in [-0.2, 0) is 14.3 Å². The van der Waals surface area contributed by atoms with Gasteiger partial charge in [0.25, 0.3) is 6.43 Å². The van der Waals surface area contributed by atoms with Crippen molar-refractivity contribution in [2.45, 2.75) is 58.5 Å². The van der Waals surface area contributed by atoms with E-state index in [4.69, 9.17) is 4.74 Å². The molecular weight excluding hydrogens is 417 g/mol. The third-order valence-corrected chi connectivity index (χ3v) is 3.43. The summed E-state index contributed by atoms with van der Waals surface area (Å²) >= 11 is 0. The lowest BCUT2D eigenvalue weighted by molar-refractivity contribution is -0.167. The van der Waals surface area contributed by atoms with Gasteiger partial charge in [-0.1, -0.05) is 0 Å². The van der Waals surface area contributed by atoms with Gasteiger partial charge in [0.15, 0.2) is 0 Å². The summed E-state index contributed by atoms with van der Waals surface area (Å²) in [6.45, 7) is 1.74. The topological polar surface area (TPSA) is 88.7 Å². The van der Waals surface area contributed by atoms with Crippen LogP contribution in [-0.4, -0.2) is 49.3 Å². The Bertz CT molecular complexity index is 728. The first-order valence-electron chi connectivity index (χ1n) is 8.84. The highest BCUT2D eigenvalue weighted by Crippen LogP contribution is 2.24. The Morgan fingerprint density at radius 1 is 1.10 bits per heavy atom. The molecule has 2 amide bonds. The van der Waals surface area contributed by atoms with E-state index in [1.807, 2.05) is 0 Å². The predicted molar refractivity (Wildman–Crippen MR) is 99.2 cm³/mol. The van der Waals surface area contributed by atoms with Gasteiger partial charge in [0.1, 0.15) is 17.5 Å². The summed E-state index contributed by atoms with van der Waals surface area (Å²) in [5, 5.41) is 6.66. The molecule has 0 bridgehead atoms. The zero-order valence-corrected chi connectivity index (χ0v) is 16.8. The highest BCUT2D eigenvalue weighted by Gasteiger charge is 2.32. The van der Waals surface area contributed by atoms with Gasteiger partial charge in [-0.15, -0.1) is 0 Å². The number of alkyl carbamates (subject to hydrolysis) is 1. The van der Waals surface area contributed by atoms with Crippen molar-refractivity contribution in [2.75, 3.05) is 17.2 Å². The number of hydrogen-bond donors (Lipinski definition) is 3. The number of hydrogen-bond acceptors (Lipinski definition) is 5. The second-order valence-electron chi connectivity index (χ2n) is 7.18. The number of alkyl halides is 4. The molecule has 2 atom stereocenters. The van der Waals surface area contributed by atoms with Crippen LogP contribution < -0.4 is 16.0 Å². The summed E-state index contributed by atoms with van der Waals surface area (Å²) in [5.74, 6) is -1.85. The summed E-state index contributed by atoms with van der Waals surface area (Å²) in [6.07, 6.45) is -5.31. The molecule has 1 aromatic carbocycles. The SMILES string of the molecule is C[C@@H](OC(F)F)[C@H](NC(=O)OC(C)(C)C)C(=O)Nc1cc(F)ccc1NCC(F)F. The Morgan fingerprint density at radius 3 is 2.27 bits per heavy atom. The molecule has 0 aromatic heterocycles. The molecule has 0 heterocycles. The third kappa shape index (κ3) is 9.25. The Balaban J connectivity index is 3.06. The van der Waals surface area contributed by atoms with Crippen molar-refractivity contribution in [1.29, 1.82) is 0 Å². The number of benzene rings is 1. The lowest BCUT2D eigenvalue weighted by atomic mass is 10.1. The first-order valence-corrected chi connectivity index (χ1v) is 8.84. The van der Waals surface area contributed by atoms with Gasteiger partial charge in [0, 0.05) is 0 Å². The van der Waals surface area contributed by atoms with E-state index in [0.29, 0.717) is 0 Å². The Labute approximate surface area is 170 Å². The number of carbonyl (C=O) groups is 2. The normalized spacial score (nSPS) is 13.7. The first kappa shape index (κ1) is 25.4. The Morgan fingerprint density at radius 2 is 1.73 bits per heavy atom. The van der Waals surface area contributed by atoms with Crippen molar-refractivity contribution in [3.63, 3.8) is 0 Å². The molecule has 0 radical (unpaired) electrons. The molecule has 12 heteroatoms. The minimum Gasteiger partial charge on any atom is -0.444 e. The smallest absolute Gasteiger partial charge is 0.408 e. The quantitative estimate of drug-likeness (QED) is 0.505. The van der Waals surface area contributed by atoms with Gasteiger partial charge in [-0.05, 0) is 45.9 Å². The molecule has 0 saturated heterocycles. The monoisotopic (exact) mass is 441 g/mol. The first-order chi connectivity index (χ1) is 13.8. The van der Waals surface area contributed by atoms with E-state index >= 15 is 0 Å². The number of anilines is 2. The van der Waals surface area contributed by atoms with Gasteiger partial charge in [-0.2, -0.15) is 8.78 Å². The van der Waals surface area contributed by atoms with Crippen LogP contribution >= 0.6 is 0 Å². The van der Waals surface area contributed by atoms with Crippen LogP contribution in [0.25, 0.3) is 0 Å². The third-order valence-electron chi connectivity index (χ3n) is 3.43. The van der Waals surface area contributed by atoms with Crippen molar-refractivity contribution < 1.29 is 41.0 Å². The van der Waals surface area contributed by atoms with Crippen molar-refractivity contribution in [3.05, 3.63) is 24.0 Å². The van der Waals surface area contributed by atoms with Gasteiger partial charge in [0.05, 0.1) is 24.0 Å². The Hall–Kier alpha value is -2.63. The molecule has 7 nitrogen and oxygen atoms in total. The molecular formula is C18H24F5N3O4. The molecule has 170 valence electrons. The largest absolute Gasteiger partial charge is 0.444 e. The van der Waals surface area contributed by atoms with E-state index in [2.05, 4.69) is 20.7 Å². The molecule has 0 aliphatic rings. The summed E-state index contributed by atoms with van der Waals surface area (Å²) < 4.78 is 73.0. The van der Waals surface area contributed by atoms with Crippen LogP contribution in [0.1, 0.15) is 27.7 Å². The number of nitrogens with one attached hydrogen (secondary N) is 3. The number of carbonyl (C=O) groups excluding carboxylic acids is 2. The molecule has 1 rings (SSSR count). The highest BCUT2D eigenvalue weighted by molar-refractivity contribution is 5.99. The van der Waals surface area contributed by atoms with Crippen molar-refractivity contribution in [2.24, 2.45) is 0 Å². The summed E-state index contributed by atoms with van der Waals surface area (Å²) in [4.78, 5) is 24.6. The van der Waals surface area contributed by atoms with E-state index in [-0.39, 0.29) is 11.4 Å². The van der Waals surface area contributed by atoms with Crippen molar-refractivity contribution in [1.82, 2.24) is 5.32 Å². The van der Waals surface area contributed by atoms with E-state index in [1.54, 1.807) is 20.8 Å². The predicted octanol–water partition coefficient (Wildman–Crippen LogP) is 3.96.